The van der Waals surface area contributed by atoms with Gasteiger partial charge in [0.1, 0.15) is 0 Å². The van der Waals surface area contributed by atoms with Crippen molar-refractivity contribution in [3.8, 4) is 0 Å². The van der Waals surface area contributed by atoms with Gasteiger partial charge in [-0.1, -0.05) is 0 Å². The van der Waals surface area contributed by atoms with E-state index in [2.05, 4.69) is 5.32 Å². The molecule has 0 spiro atoms. The second-order valence-electron chi connectivity index (χ2n) is 5.22. The minimum Gasteiger partial charge on any atom is -0.452 e. The Morgan fingerprint density at radius 1 is 1.08 bits per heavy atom. The Labute approximate surface area is 148 Å². The number of non-ortho nitro benzene ring substituents is 1. The number of nitro groups is 1. The topological polar surface area (TPSA) is 133 Å². The summed E-state index contributed by atoms with van der Waals surface area (Å²) in [4.78, 5) is 33.6. The summed E-state index contributed by atoms with van der Waals surface area (Å²) in [6.07, 6.45) is 1.07. The largest absolute Gasteiger partial charge is 0.452 e. The molecule has 0 fully saturated rings. The van der Waals surface area contributed by atoms with Crippen molar-refractivity contribution in [3.05, 3.63) is 64.2 Å². The van der Waals surface area contributed by atoms with Gasteiger partial charge in [-0.25, -0.2) is 13.2 Å². The highest BCUT2D eigenvalue weighted by Gasteiger charge is 2.13. The van der Waals surface area contributed by atoms with Crippen LogP contribution in [0.1, 0.15) is 10.4 Å². The third kappa shape index (κ3) is 5.11. The molecule has 0 aliphatic heterocycles. The lowest BCUT2D eigenvalue weighted by atomic mass is 10.2. The number of anilines is 1. The van der Waals surface area contributed by atoms with E-state index >= 15 is 0 Å². The van der Waals surface area contributed by atoms with Gasteiger partial charge in [0.25, 0.3) is 11.6 Å². The summed E-state index contributed by atoms with van der Waals surface area (Å²) in [5.41, 5.74) is 0.242. The average Bonchev–Trinajstić information content (AvgIpc) is 2.59. The van der Waals surface area contributed by atoms with E-state index in [-0.39, 0.29) is 16.1 Å². The molecule has 10 heteroatoms. The molecule has 0 aliphatic rings. The van der Waals surface area contributed by atoms with Crippen molar-refractivity contribution in [2.45, 2.75) is 4.90 Å². The van der Waals surface area contributed by atoms with Crippen molar-refractivity contribution in [2.24, 2.45) is 0 Å². The zero-order chi connectivity index (χ0) is 19.3. The van der Waals surface area contributed by atoms with Gasteiger partial charge in [-0.05, 0) is 36.4 Å². The van der Waals surface area contributed by atoms with Crippen molar-refractivity contribution in [3.63, 3.8) is 0 Å². The van der Waals surface area contributed by atoms with E-state index in [1.54, 1.807) is 0 Å². The minimum atomic E-state index is -3.33. The van der Waals surface area contributed by atoms with Crippen LogP contribution in [0.4, 0.5) is 11.4 Å². The van der Waals surface area contributed by atoms with Gasteiger partial charge < -0.3 is 10.1 Å². The van der Waals surface area contributed by atoms with Crippen LogP contribution in [-0.2, 0) is 19.4 Å². The second kappa shape index (κ2) is 7.74. The van der Waals surface area contributed by atoms with Gasteiger partial charge in [0.05, 0.1) is 15.4 Å². The second-order valence-corrected chi connectivity index (χ2v) is 7.24. The normalized spacial score (nSPS) is 10.8. The highest BCUT2D eigenvalue weighted by molar-refractivity contribution is 7.90. The van der Waals surface area contributed by atoms with Crippen molar-refractivity contribution < 1.29 is 27.7 Å². The standard InChI is InChI=1S/C16H14N2O7S/c1-26(23,24)14-8-4-12(5-9-14)17-15(19)10-25-16(20)11-2-6-13(7-3-11)18(21)22/h2-9H,10H2,1H3,(H,17,19). The molecular formula is C16H14N2O7S. The maximum Gasteiger partial charge on any atom is 0.338 e. The zero-order valence-corrected chi connectivity index (χ0v) is 14.4. The molecule has 0 heterocycles. The fraction of sp³-hybridized carbons (Fsp3) is 0.125. The number of nitrogens with one attached hydrogen (secondary N) is 1. The third-order valence-corrected chi connectivity index (χ3v) is 4.34. The quantitative estimate of drug-likeness (QED) is 0.460. The van der Waals surface area contributed by atoms with Crippen LogP contribution in [0.25, 0.3) is 0 Å². The number of nitro benzene ring substituents is 1. The molecule has 0 radical (unpaired) electrons. The zero-order valence-electron chi connectivity index (χ0n) is 13.5. The first-order valence-electron chi connectivity index (χ1n) is 7.18. The average molecular weight is 378 g/mol. The van der Waals surface area contributed by atoms with Crippen LogP contribution in [0, 0.1) is 10.1 Å². The lowest BCUT2D eigenvalue weighted by Crippen LogP contribution is -2.20. The number of sulfone groups is 1. The fourth-order valence-electron chi connectivity index (χ4n) is 1.92. The molecule has 9 nitrogen and oxygen atoms in total. The molecular weight excluding hydrogens is 364 g/mol. The van der Waals surface area contributed by atoms with Crippen LogP contribution in [0.5, 0.6) is 0 Å². The molecule has 0 atom stereocenters. The number of benzene rings is 2. The first-order valence-corrected chi connectivity index (χ1v) is 9.07. The Balaban J connectivity index is 1.90. The predicted molar refractivity (Wildman–Crippen MR) is 91.6 cm³/mol. The smallest absolute Gasteiger partial charge is 0.338 e. The van der Waals surface area contributed by atoms with Gasteiger partial charge in [0.15, 0.2) is 16.4 Å². The van der Waals surface area contributed by atoms with Gasteiger partial charge in [-0.3, -0.25) is 14.9 Å². The van der Waals surface area contributed by atoms with Gasteiger partial charge in [0.2, 0.25) is 0 Å². The summed E-state index contributed by atoms with van der Waals surface area (Å²) < 4.78 is 27.5. The number of carbonyl (C=O) groups excluding carboxylic acids is 2. The molecule has 2 rings (SSSR count). The van der Waals surface area contributed by atoms with E-state index in [4.69, 9.17) is 4.74 Å². The SMILES string of the molecule is CS(=O)(=O)c1ccc(NC(=O)COC(=O)c2ccc([N+](=O)[O-])cc2)cc1. The Morgan fingerprint density at radius 3 is 2.15 bits per heavy atom. The van der Waals surface area contributed by atoms with Crippen LogP contribution in [0.2, 0.25) is 0 Å². The van der Waals surface area contributed by atoms with E-state index in [1.165, 1.54) is 36.4 Å². The summed E-state index contributed by atoms with van der Waals surface area (Å²) in [7, 11) is -3.33. The summed E-state index contributed by atoms with van der Waals surface area (Å²) >= 11 is 0. The molecule has 0 aromatic heterocycles. The highest BCUT2D eigenvalue weighted by Crippen LogP contribution is 2.14. The summed E-state index contributed by atoms with van der Waals surface area (Å²) in [5, 5.41) is 13.0. The van der Waals surface area contributed by atoms with Crippen molar-refractivity contribution in [1.82, 2.24) is 0 Å². The molecule has 1 amide bonds. The van der Waals surface area contributed by atoms with Crippen molar-refractivity contribution in [2.75, 3.05) is 18.2 Å². The number of rotatable bonds is 6. The molecule has 0 saturated heterocycles. The number of ether oxygens (including phenoxy) is 1. The Kier molecular flexibility index (Phi) is 5.68. The number of nitrogens with zero attached hydrogens (tertiary/aromatic N) is 1. The third-order valence-electron chi connectivity index (χ3n) is 3.21. The van der Waals surface area contributed by atoms with E-state index in [0.717, 1.165) is 18.4 Å². The molecule has 0 aliphatic carbocycles. The van der Waals surface area contributed by atoms with E-state index < -0.39 is 33.2 Å². The number of amides is 1. The number of carbonyl (C=O) groups is 2. The Morgan fingerprint density at radius 2 is 1.65 bits per heavy atom. The van der Waals surface area contributed by atoms with Crippen molar-refractivity contribution in [1.29, 1.82) is 0 Å². The van der Waals surface area contributed by atoms with E-state index in [9.17, 15) is 28.1 Å². The summed E-state index contributed by atoms with van der Waals surface area (Å²) in [6.45, 7) is -0.566. The number of hydrogen-bond acceptors (Lipinski definition) is 7. The van der Waals surface area contributed by atoms with Gasteiger partial charge in [-0.15, -0.1) is 0 Å². The molecule has 0 saturated carbocycles. The molecule has 2 aromatic rings. The maximum absolute atomic E-state index is 11.8. The molecule has 0 unspecified atom stereocenters. The van der Waals surface area contributed by atoms with Crippen LogP contribution < -0.4 is 5.32 Å². The van der Waals surface area contributed by atoms with E-state index in [0.29, 0.717) is 5.69 Å². The number of hydrogen-bond donors (Lipinski definition) is 1. The molecule has 0 bridgehead atoms. The van der Waals surface area contributed by atoms with Gasteiger partial charge in [0, 0.05) is 24.1 Å². The molecule has 26 heavy (non-hydrogen) atoms. The summed E-state index contributed by atoms with van der Waals surface area (Å²) in [5.74, 6) is -1.42. The molecule has 2 aromatic carbocycles. The minimum absolute atomic E-state index is 0.0703. The lowest BCUT2D eigenvalue weighted by Gasteiger charge is -2.07. The van der Waals surface area contributed by atoms with Crippen LogP contribution in [-0.4, -0.2) is 38.1 Å². The van der Waals surface area contributed by atoms with Crippen LogP contribution >= 0.6 is 0 Å². The Hall–Kier alpha value is -3.27. The molecule has 136 valence electrons. The first kappa shape index (κ1) is 19.1. The first-order chi connectivity index (χ1) is 12.2. The van der Waals surface area contributed by atoms with Gasteiger partial charge >= 0.3 is 5.97 Å². The Bertz CT molecular complexity index is 936. The fourth-order valence-corrected chi connectivity index (χ4v) is 2.55. The highest BCUT2D eigenvalue weighted by atomic mass is 32.2. The van der Waals surface area contributed by atoms with Crippen LogP contribution in [0.3, 0.4) is 0 Å². The monoisotopic (exact) mass is 378 g/mol. The molecule has 1 N–H and O–H groups in total. The van der Waals surface area contributed by atoms with Crippen LogP contribution in [0.15, 0.2) is 53.4 Å². The summed E-state index contributed by atoms with van der Waals surface area (Å²) in [6, 6.07) is 10.3. The lowest BCUT2D eigenvalue weighted by molar-refractivity contribution is -0.384. The predicted octanol–water partition coefficient (Wildman–Crippen LogP) is 1.79. The van der Waals surface area contributed by atoms with Gasteiger partial charge in [-0.2, -0.15) is 0 Å². The number of esters is 1. The van der Waals surface area contributed by atoms with Crippen molar-refractivity contribution >= 4 is 33.1 Å². The van der Waals surface area contributed by atoms with E-state index in [1.807, 2.05) is 0 Å². The maximum atomic E-state index is 11.8.